The molecule has 1 fully saturated rings. The third kappa shape index (κ3) is 2.19. The minimum absolute atomic E-state index is 0.139. The highest BCUT2D eigenvalue weighted by molar-refractivity contribution is 9.11. The number of benzene rings is 2. The second kappa shape index (κ2) is 5.85. The van der Waals surface area contributed by atoms with Crippen LogP contribution in [0.3, 0.4) is 0 Å². The fourth-order valence-corrected chi connectivity index (χ4v) is 4.12. The van der Waals surface area contributed by atoms with Crippen LogP contribution in [-0.2, 0) is 15.1 Å². The Morgan fingerprint density at radius 2 is 1.80 bits per heavy atom. The van der Waals surface area contributed by atoms with Crippen molar-refractivity contribution >= 4 is 27.8 Å². The first kappa shape index (κ1) is 16.1. The van der Waals surface area contributed by atoms with E-state index >= 15 is 0 Å². The van der Waals surface area contributed by atoms with Gasteiger partial charge in [-0.15, -0.1) is 0 Å². The van der Waals surface area contributed by atoms with Crippen LogP contribution in [0.5, 0.6) is 0 Å². The predicted molar refractivity (Wildman–Crippen MR) is 96.9 cm³/mol. The van der Waals surface area contributed by atoms with Crippen LogP contribution in [0.4, 0.5) is 0 Å². The van der Waals surface area contributed by atoms with Crippen LogP contribution >= 0.6 is 15.9 Å². The molecule has 1 amide bonds. The van der Waals surface area contributed by atoms with E-state index in [2.05, 4.69) is 15.9 Å². The van der Waals surface area contributed by atoms with E-state index in [4.69, 9.17) is 4.74 Å². The van der Waals surface area contributed by atoms with Crippen LogP contribution in [0.2, 0.25) is 0 Å². The first-order valence-corrected chi connectivity index (χ1v) is 9.01. The number of cyclic esters (lactones) is 1. The zero-order chi connectivity index (χ0) is 17.6. The summed E-state index contributed by atoms with van der Waals surface area (Å²) in [5, 5.41) is 0. The summed E-state index contributed by atoms with van der Waals surface area (Å²) in [6.45, 7) is 1.95. The fraction of sp³-hybridized carbons (Fsp3) is 0.200. The van der Waals surface area contributed by atoms with Crippen molar-refractivity contribution in [3.8, 4) is 0 Å². The minimum Gasteiger partial charge on any atom is -0.428 e. The number of halogens is 1. The van der Waals surface area contributed by atoms with Crippen molar-refractivity contribution in [2.45, 2.75) is 24.9 Å². The van der Waals surface area contributed by atoms with Crippen molar-refractivity contribution in [3.63, 3.8) is 0 Å². The average Bonchev–Trinajstić information content (AvgIpc) is 3.11. The van der Waals surface area contributed by atoms with Gasteiger partial charge in [0.25, 0.3) is 5.91 Å². The number of hydrogen-bond acceptors (Lipinski definition) is 3. The smallest absolute Gasteiger partial charge is 0.342 e. The maximum absolute atomic E-state index is 13.2. The summed E-state index contributed by atoms with van der Waals surface area (Å²) in [7, 11) is 0. The highest BCUT2D eigenvalue weighted by Crippen LogP contribution is 2.52. The van der Waals surface area contributed by atoms with Crippen molar-refractivity contribution < 1.29 is 14.3 Å². The quantitative estimate of drug-likeness (QED) is 0.710. The van der Waals surface area contributed by atoms with Gasteiger partial charge in [-0.3, -0.25) is 4.79 Å². The van der Waals surface area contributed by atoms with Crippen LogP contribution in [0.15, 0.2) is 65.3 Å². The van der Waals surface area contributed by atoms with Crippen molar-refractivity contribution in [3.05, 3.63) is 82.0 Å². The van der Waals surface area contributed by atoms with E-state index in [1.165, 1.54) is 0 Å². The first-order valence-electron chi connectivity index (χ1n) is 8.09. The van der Waals surface area contributed by atoms with Crippen molar-refractivity contribution in [2.24, 2.45) is 0 Å². The van der Waals surface area contributed by atoms with Crippen LogP contribution in [0, 0.1) is 0 Å². The number of amides is 1. The van der Waals surface area contributed by atoms with Crippen LogP contribution < -0.4 is 0 Å². The van der Waals surface area contributed by atoms with Gasteiger partial charge in [0, 0.05) is 22.5 Å². The first-order chi connectivity index (χ1) is 12.1. The molecule has 1 saturated heterocycles. The summed E-state index contributed by atoms with van der Waals surface area (Å²) < 4.78 is 5.45. The predicted octanol–water partition coefficient (Wildman–Crippen LogP) is 4.28. The molecule has 2 aliphatic rings. The zero-order valence-corrected chi connectivity index (χ0v) is 15.2. The van der Waals surface area contributed by atoms with Gasteiger partial charge in [0.2, 0.25) is 0 Å². The Labute approximate surface area is 154 Å². The van der Waals surface area contributed by atoms with Gasteiger partial charge in [-0.2, -0.15) is 0 Å². The molecule has 0 aromatic heterocycles. The van der Waals surface area contributed by atoms with Crippen molar-refractivity contribution in [1.82, 2.24) is 4.90 Å². The number of nitrogens with zero attached hydrogens (tertiary/aromatic N) is 1. The molecule has 2 aromatic carbocycles. The molecule has 2 heterocycles. The molecule has 0 N–H and O–H groups in total. The lowest BCUT2D eigenvalue weighted by Gasteiger charge is -2.36. The Balaban J connectivity index is 1.91. The Morgan fingerprint density at radius 1 is 1.12 bits per heavy atom. The zero-order valence-electron chi connectivity index (χ0n) is 13.6. The van der Waals surface area contributed by atoms with Gasteiger partial charge in [0.1, 0.15) is 5.76 Å². The molecule has 4 nitrogen and oxygen atoms in total. The second-order valence-corrected chi connectivity index (χ2v) is 6.77. The monoisotopic (exact) mass is 397 g/mol. The van der Waals surface area contributed by atoms with Crippen LogP contribution in [0.1, 0.15) is 40.9 Å². The standard InChI is InChI=1S/C20H16BrNO3/c1-13(14-7-3-2-4-8-14)22-18(23)16-9-5-6-10-17(16)20(22)11-15(12-21)25-19(20)24/h2-10,12-13H,11H2,1H3/b15-12+/t13-,20-/m0/s1. The molecule has 0 unspecified atom stereocenters. The molecule has 25 heavy (non-hydrogen) atoms. The lowest BCUT2D eigenvalue weighted by atomic mass is 9.86. The van der Waals surface area contributed by atoms with E-state index in [9.17, 15) is 9.59 Å². The van der Waals surface area contributed by atoms with Crippen LogP contribution in [0.25, 0.3) is 0 Å². The lowest BCUT2D eigenvalue weighted by molar-refractivity contribution is -0.146. The number of carbonyl (C=O) groups is 2. The van der Waals surface area contributed by atoms with E-state index in [0.717, 1.165) is 11.1 Å². The Kier molecular flexibility index (Phi) is 3.76. The fourth-order valence-electron chi connectivity index (χ4n) is 3.86. The molecule has 5 heteroatoms. The molecular formula is C20H16BrNO3. The molecule has 0 aliphatic carbocycles. The molecule has 2 atom stereocenters. The summed E-state index contributed by atoms with van der Waals surface area (Å²) in [5.74, 6) is -0.0150. The molecule has 126 valence electrons. The number of hydrogen-bond donors (Lipinski definition) is 0. The van der Waals surface area contributed by atoms with E-state index in [1.807, 2.05) is 55.5 Å². The molecule has 0 saturated carbocycles. The van der Waals surface area contributed by atoms with Gasteiger partial charge in [-0.25, -0.2) is 4.79 Å². The lowest BCUT2D eigenvalue weighted by Crippen LogP contribution is -2.48. The number of esters is 1. The molecule has 1 spiro atoms. The topological polar surface area (TPSA) is 46.6 Å². The normalized spacial score (nSPS) is 24.7. The summed E-state index contributed by atoms with van der Waals surface area (Å²) in [6, 6.07) is 16.8. The molecule has 2 aliphatic heterocycles. The number of carbonyl (C=O) groups excluding carboxylic acids is 2. The highest BCUT2D eigenvalue weighted by Gasteiger charge is 2.61. The SMILES string of the molecule is C[C@@H](c1ccccc1)N1C(=O)c2ccccc2[C@]12C/C(=C\Br)OC2=O. The molecule has 4 rings (SSSR count). The second-order valence-electron chi connectivity index (χ2n) is 6.31. The van der Waals surface area contributed by atoms with Gasteiger partial charge in [0.15, 0.2) is 5.54 Å². The molecule has 0 radical (unpaired) electrons. The minimum atomic E-state index is -1.11. The van der Waals surface area contributed by atoms with E-state index in [1.54, 1.807) is 16.0 Å². The molecule has 0 bridgehead atoms. The number of rotatable bonds is 2. The number of ether oxygens (including phenoxy) is 1. The van der Waals surface area contributed by atoms with Gasteiger partial charge < -0.3 is 9.64 Å². The molecule has 2 aromatic rings. The maximum atomic E-state index is 13.2. The van der Waals surface area contributed by atoms with Gasteiger partial charge in [-0.05, 0) is 18.6 Å². The van der Waals surface area contributed by atoms with Gasteiger partial charge in [0.05, 0.1) is 6.04 Å². The van der Waals surface area contributed by atoms with Crippen LogP contribution in [-0.4, -0.2) is 16.8 Å². The largest absolute Gasteiger partial charge is 0.428 e. The van der Waals surface area contributed by atoms with Gasteiger partial charge in [-0.1, -0.05) is 64.5 Å². The Bertz CT molecular complexity index is 893. The van der Waals surface area contributed by atoms with E-state index in [0.29, 0.717) is 17.7 Å². The third-order valence-corrected chi connectivity index (χ3v) is 5.53. The Hall–Kier alpha value is -2.40. The van der Waals surface area contributed by atoms with E-state index in [-0.39, 0.29) is 11.9 Å². The third-order valence-electron chi connectivity index (χ3n) is 5.02. The highest BCUT2D eigenvalue weighted by atomic mass is 79.9. The van der Waals surface area contributed by atoms with Gasteiger partial charge >= 0.3 is 5.97 Å². The summed E-state index contributed by atoms with van der Waals surface area (Å²) in [6.07, 6.45) is 0.330. The van der Waals surface area contributed by atoms with E-state index < -0.39 is 11.5 Å². The average molecular weight is 398 g/mol. The number of fused-ring (bicyclic) bond motifs is 2. The van der Waals surface area contributed by atoms with Crippen molar-refractivity contribution in [2.75, 3.05) is 0 Å². The summed E-state index contributed by atoms with van der Waals surface area (Å²) in [5.41, 5.74) is 1.16. The Morgan fingerprint density at radius 3 is 2.48 bits per heavy atom. The maximum Gasteiger partial charge on any atom is 0.342 e. The summed E-state index contributed by atoms with van der Waals surface area (Å²) in [4.78, 5) is 29.4. The summed E-state index contributed by atoms with van der Waals surface area (Å²) >= 11 is 3.25. The molecular weight excluding hydrogens is 382 g/mol. The van der Waals surface area contributed by atoms with Crippen molar-refractivity contribution in [1.29, 1.82) is 0 Å².